The van der Waals surface area contributed by atoms with Gasteiger partial charge in [0, 0.05) is 52.6 Å². The highest BCUT2D eigenvalue weighted by Gasteiger charge is 2.42. The summed E-state index contributed by atoms with van der Waals surface area (Å²) in [7, 11) is 2.59. The molecule has 376 valence electrons. The highest BCUT2D eigenvalue weighted by Crippen LogP contribution is 2.25. The first-order chi connectivity index (χ1) is 32.7. The van der Waals surface area contributed by atoms with Crippen LogP contribution in [0.2, 0.25) is 0 Å². The lowest BCUT2D eigenvalue weighted by Gasteiger charge is -2.27. The number of nitrogens with one attached hydrogen (secondary N) is 4. The summed E-state index contributed by atoms with van der Waals surface area (Å²) in [5.74, 6) is 4.01. The Hall–Kier alpha value is -6.88. The molecule has 6 amide bonds. The molecule has 20 heteroatoms. The second-order valence-corrected chi connectivity index (χ2v) is 18.5. The molecule has 0 bridgehead atoms. The summed E-state index contributed by atoms with van der Waals surface area (Å²) in [6, 6.07) is 12.1. The van der Waals surface area contributed by atoms with Gasteiger partial charge in [-0.05, 0) is 83.1 Å². The number of rotatable bonds is 18. The fraction of sp³-hybridized carbons (Fsp3) is 0.551. The quantitative estimate of drug-likeness (QED) is 0.0712. The maximum absolute atomic E-state index is 13.5. The Morgan fingerprint density at radius 1 is 0.667 bits per heavy atom. The van der Waals surface area contributed by atoms with E-state index in [2.05, 4.69) is 33.1 Å². The Bertz CT molecular complexity index is 2190. The number of benzene rings is 2. The molecule has 2 fully saturated rings. The number of esters is 1. The summed E-state index contributed by atoms with van der Waals surface area (Å²) in [5.41, 5.74) is 2.11. The molecule has 2 aromatic rings. The van der Waals surface area contributed by atoms with E-state index in [0.29, 0.717) is 19.1 Å². The second-order valence-electron chi connectivity index (χ2n) is 18.5. The normalized spacial score (nSPS) is 18.1. The maximum atomic E-state index is 13.5. The average Bonchev–Trinajstić information content (AvgIpc) is 3.91. The standard InChI is InChI=1S/C49H66N6O14/c1-48(2,3)68-44(60)50-27-34-15-11-13-32(23-34)17-19-41(57)54-29-36(25-38(54)40(31-56)64-7)52-46(62)66-21-9-10-22-67-47(63)53-37-26-39(43(59)65-8)55(30-37)42(58)20-18-33-14-12-16-35(24-33)28-51-45(61)69-49(4,5)6/h11-16,23-24,31,36-40H,17-22,25-30H2,1-8H3,(H,50,60)(H,51,61)(H,52,62)(H,53,63). The first-order valence-corrected chi connectivity index (χ1v) is 22.7. The fourth-order valence-corrected chi connectivity index (χ4v) is 7.73. The SMILES string of the molecule is COC(=O)C1CC(NC(=O)OCC#CCOC(=O)NC2CC(C(C=O)OC)N(C(=O)CCc3cccc(CNC(=O)OC(C)(C)C)c3)C2)CN1C(=O)CCc1cccc(CNC(=O)OC(C)(C)C)c1. The van der Waals surface area contributed by atoms with Gasteiger partial charge in [-0.15, -0.1) is 0 Å². The van der Waals surface area contributed by atoms with Gasteiger partial charge < -0.3 is 64.3 Å². The van der Waals surface area contributed by atoms with E-state index in [1.54, 1.807) is 41.5 Å². The van der Waals surface area contributed by atoms with Crippen molar-refractivity contribution < 1.29 is 66.8 Å². The number of methoxy groups -OCH3 is 2. The molecular formula is C49H66N6O14. The van der Waals surface area contributed by atoms with Gasteiger partial charge in [-0.2, -0.15) is 0 Å². The number of hydrogen-bond acceptors (Lipinski definition) is 14. The molecular weight excluding hydrogens is 897 g/mol. The molecule has 2 saturated heterocycles. The highest BCUT2D eigenvalue weighted by atomic mass is 16.6. The van der Waals surface area contributed by atoms with Crippen molar-refractivity contribution in [2.24, 2.45) is 0 Å². The zero-order valence-electron chi connectivity index (χ0n) is 40.7. The van der Waals surface area contributed by atoms with Gasteiger partial charge in [0.1, 0.15) is 23.3 Å². The first-order valence-electron chi connectivity index (χ1n) is 22.7. The minimum atomic E-state index is -0.921. The van der Waals surface area contributed by atoms with Crippen molar-refractivity contribution in [2.45, 2.75) is 135 Å². The van der Waals surface area contributed by atoms with Crippen molar-refractivity contribution in [1.82, 2.24) is 31.1 Å². The van der Waals surface area contributed by atoms with E-state index in [0.717, 1.165) is 22.3 Å². The van der Waals surface area contributed by atoms with Gasteiger partial charge in [-0.1, -0.05) is 60.4 Å². The molecule has 69 heavy (non-hydrogen) atoms. The molecule has 4 N–H and O–H groups in total. The van der Waals surface area contributed by atoms with Gasteiger partial charge in [0.25, 0.3) is 0 Å². The number of hydrogen-bond donors (Lipinski definition) is 4. The molecule has 2 aliphatic rings. The number of carbonyl (C=O) groups is 8. The number of alkyl carbamates (subject to hydrolysis) is 4. The minimum Gasteiger partial charge on any atom is -0.467 e. The number of ether oxygens (including phenoxy) is 6. The highest BCUT2D eigenvalue weighted by molar-refractivity contribution is 5.86. The van der Waals surface area contributed by atoms with Crippen LogP contribution < -0.4 is 21.3 Å². The van der Waals surface area contributed by atoms with Crippen molar-refractivity contribution >= 4 is 48.4 Å². The van der Waals surface area contributed by atoms with E-state index in [-0.39, 0.29) is 76.9 Å². The first kappa shape index (κ1) is 54.7. The van der Waals surface area contributed by atoms with E-state index in [1.807, 2.05) is 48.5 Å². The van der Waals surface area contributed by atoms with Crippen LogP contribution in [0.3, 0.4) is 0 Å². The molecule has 0 radical (unpaired) electrons. The average molecular weight is 963 g/mol. The summed E-state index contributed by atoms with van der Waals surface area (Å²) >= 11 is 0. The molecule has 0 aromatic heterocycles. The summed E-state index contributed by atoms with van der Waals surface area (Å²) < 4.78 is 31.2. The largest absolute Gasteiger partial charge is 0.467 e. The van der Waals surface area contributed by atoms with Crippen LogP contribution in [-0.2, 0) is 73.5 Å². The van der Waals surface area contributed by atoms with Gasteiger partial charge in [0.05, 0.1) is 25.2 Å². The molecule has 4 rings (SSSR count). The lowest BCUT2D eigenvalue weighted by Crippen LogP contribution is -2.44. The molecule has 5 atom stereocenters. The molecule has 2 heterocycles. The molecule has 0 saturated carbocycles. The van der Waals surface area contributed by atoms with Crippen LogP contribution in [-0.4, -0.2) is 140 Å². The van der Waals surface area contributed by atoms with Gasteiger partial charge in [-0.25, -0.2) is 24.0 Å². The van der Waals surface area contributed by atoms with Gasteiger partial charge in [0.15, 0.2) is 19.5 Å². The number of amides is 6. The fourth-order valence-electron chi connectivity index (χ4n) is 7.73. The summed E-state index contributed by atoms with van der Waals surface area (Å²) in [6.07, 6.45) is -1.73. The third kappa shape index (κ3) is 19.0. The van der Waals surface area contributed by atoms with Crippen molar-refractivity contribution in [2.75, 3.05) is 40.5 Å². The van der Waals surface area contributed by atoms with Crippen LogP contribution in [0.15, 0.2) is 48.5 Å². The van der Waals surface area contributed by atoms with E-state index in [1.165, 1.54) is 24.0 Å². The zero-order valence-corrected chi connectivity index (χ0v) is 40.7. The molecule has 2 aliphatic heterocycles. The topological polar surface area (TPSA) is 247 Å². The number of nitrogens with zero attached hydrogens (tertiary/aromatic N) is 2. The van der Waals surface area contributed by atoms with Crippen LogP contribution in [0.5, 0.6) is 0 Å². The molecule has 0 aliphatic carbocycles. The summed E-state index contributed by atoms with van der Waals surface area (Å²) in [6.45, 7) is 10.6. The van der Waals surface area contributed by atoms with E-state index < -0.39 is 71.8 Å². The monoisotopic (exact) mass is 962 g/mol. The van der Waals surface area contributed by atoms with Crippen LogP contribution in [0.4, 0.5) is 19.2 Å². The molecule has 2 aromatic carbocycles. The maximum Gasteiger partial charge on any atom is 0.408 e. The predicted octanol–water partition coefficient (Wildman–Crippen LogP) is 4.08. The van der Waals surface area contributed by atoms with Crippen LogP contribution >= 0.6 is 0 Å². The number of likely N-dealkylation sites (tertiary alicyclic amines) is 2. The number of carbonyl (C=O) groups excluding carboxylic acids is 8. The number of aryl methyl sites for hydroxylation is 2. The van der Waals surface area contributed by atoms with Crippen molar-refractivity contribution in [3.63, 3.8) is 0 Å². The lowest BCUT2D eigenvalue weighted by molar-refractivity contribution is -0.150. The van der Waals surface area contributed by atoms with E-state index >= 15 is 0 Å². The Morgan fingerprint density at radius 3 is 1.57 bits per heavy atom. The van der Waals surface area contributed by atoms with Gasteiger partial charge >= 0.3 is 30.3 Å². The van der Waals surface area contributed by atoms with Crippen LogP contribution in [0.1, 0.15) is 89.5 Å². The van der Waals surface area contributed by atoms with Crippen LogP contribution in [0.25, 0.3) is 0 Å². The van der Waals surface area contributed by atoms with Crippen molar-refractivity contribution in [3.05, 3.63) is 70.8 Å². The van der Waals surface area contributed by atoms with Crippen LogP contribution in [0, 0.1) is 11.8 Å². The molecule has 0 spiro atoms. The van der Waals surface area contributed by atoms with Gasteiger partial charge in [0.2, 0.25) is 11.8 Å². The third-order valence-corrected chi connectivity index (χ3v) is 10.8. The predicted molar refractivity (Wildman–Crippen MR) is 249 cm³/mol. The lowest BCUT2D eigenvalue weighted by atomic mass is 10.0. The molecule has 20 nitrogen and oxygen atoms in total. The minimum absolute atomic E-state index is 0.0452. The smallest absolute Gasteiger partial charge is 0.408 e. The Morgan fingerprint density at radius 2 is 1.12 bits per heavy atom. The Labute approximate surface area is 403 Å². The second kappa shape index (κ2) is 26.0. The van der Waals surface area contributed by atoms with Crippen molar-refractivity contribution in [3.8, 4) is 11.8 Å². The van der Waals surface area contributed by atoms with Crippen molar-refractivity contribution in [1.29, 1.82) is 0 Å². The summed E-state index contributed by atoms with van der Waals surface area (Å²) in [5, 5.41) is 10.8. The zero-order chi connectivity index (χ0) is 50.7. The Kier molecular flexibility index (Phi) is 20.6. The number of aldehydes is 1. The third-order valence-electron chi connectivity index (χ3n) is 10.8. The summed E-state index contributed by atoms with van der Waals surface area (Å²) in [4.78, 5) is 104. The van der Waals surface area contributed by atoms with E-state index in [4.69, 9.17) is 28.4 Å². The molecule has 5 unspecified atom stereocenters. The van der Waals surface area contributed by atoms with Gasteiger partial charge in [-0.3, -0.25) is 9.59 Å². The van der Waals surface area contributed by atoms with E-state index in [9.17, 15) is 38.4 Å². The Balaban J connectivity index is 1.18.